The molecule has 3 heterocycles. The van der Waals surface area contributed by atoms with E-state index in [1.807, 2.05) is 6.07 Å². The van der Waals surface area contributed by atoms with Crippen molar-refractivity contribution in [1.29, 1.82) is 0 Å². The van der Waals surface area contributed by atoms with Crippen molar-refractivity contribution >= 4 is 91.8 Å². The summed E-state index contributed by atoms with van der Waals surface area (Å²) in [5, 5.41) is 3.65. The summed E-state index contributed by atoms with van der Waals surface area (Å²) in [6.45, 7) is 21.4. The van der Waals surface area contributed by atoms with Crippen molar-refractivity contribution in [2.75, 3.05) is 184 Å². The van der Waals surface area contributed by atoms with Crippen molar-refractivity contribution in [3.63, 3.8) is 0 Å². The topological polar surface area (TPSA) is 52.7 Å². The molecule has 3 aliphatic rings. The third-order valence-electron chi connectivity index (χ3n) is 12.5. The zero-order chi connectivity index (χ0) is 47.9. The Morgan fingerprint density at radius 2 is 0.909 bits per heavy atom. The molecule has 3 aliphatic heterocycles. The molecule has 66 heavy (non-hydrogen) atoms. The predicted octanol–water partition coefficient (Wildman–Crippen LogP) is 14.1. The van der Waals surface area contributed by atoms with Crippen LogP contribution in [-0.2, 0) is 37.4 Å². The van der Waals surface area contributed by atoms with Crippen LogP contribution in [-0.4, -0.2) is 193 Å². The minimum atomic E-state index is -1.09. The van der Waals surface area contributed by atoms with E-state index in [4.69, 9.17) is 19.4 Å². The van der Waals surface area contributed by atoms with Gasteiger partial charge in [-0.15, -0.1) is 31.7 Å². The first kappa shape index (κ1) is 64.8. The number of nitrogens with zero attached hydrogens (tertiary/aromatic N) is 2. The van der Waals surface area contributed by atoms with Crippen LogP contribution in [0.2, 0.25) is 0 Å². The monoisotopic (exact) mass is 1210 g/mol. The maximum absolute atomic E-state index is 12.3. The quantitative estimate of drug-likeness (QED) is 0.244. The van der Waals surface area contributed by atoms with Crippen LogP contribution in [0.4, 0.5) is 0 Å². The molecule has 2 aromatic carbocycles. The van der Waals surface area contributed by atoms with Gasteiger partial charge in [0.2, 0.25) is 0 Å². The van der Waals surface area contributed by atoms with E-state index < -0.39 is 15.6 Å². The van der Waals surface area contributed by atoms with E-state index >= 15 is 0 Å². The molecule has 6 atom stereocenters. The number of benzene rings is 2. The van der Waals surface area contributed by atoms with Gasteiger partial charge in [0, 0.05) is 58.8 Å². The van der Waals surface area contributed by atoms with E-state index in [-0.39, 0.29) is 31.0 Å². The van der Waals surface area contributed by atoms with Crippen LogP contribution < -0.4 is 5.32 Å². The molecule has 17 heteroatoms. The molecule has 0 aromatic heterocycles. The van der Waals surface area contributed by atoms with Gasteiger partial charge in [-0.1, -0.05) is 69.8 Å². The van der Waals surface area contributed by atoms with Crippen LogP contribution in [0.5, 0.6) is 0 Å². The first-order valence-electron chi connectivity index (χ1n) is 25.2. The van der Waals surface area contributed by atoms with Gasteiger partial charge < -0.3 is 5.32 Å². The molecule has 5 nitrogen and oxygen atoms in total. The van der Waals surface area contributed by atoms with Gasteiger partial charge in [-0.2, -0.15) is 0 Å². The van der Waals surface area contributed by atoms with E-state index in [2.05, 4.69) is 103 Å². The molecule has 6 unspecified atom stereocenters. The molecule has 0 spiro atoms. The van der Waals surface area contributed by atoms with E-state index in [1.165, 1.54) is 131 Å². The fourth-order valence-electron chi connectivity index (χ4n) is 8.38. The molecule has 0 aliphatic carbocycles. The number of hydrogen-bond acceptors (Lipinski definition) is 5. The summed E-state index contributed by atoms with van der Waals surface area (Å²) in [4.78, 5) is 5.07. The minimum absolute atomic E-state index is 0.0262. The summed E-state index contributed by atoms with van der Waals surface area (Å²) < 4.78 is 24.6. The fraction of sp³-hybridized carbons (Fsp3) is 0.755. The van der Waals surface area contributed by atoms with E-state index in [1.54, 1.807) is 24.6 Å². The SMILES string of the molecule is CP1CCCP(C)CCNCCP(C)CCC1.CP1CCC[P+](=O)CCN(Cc2ccccc2)CC[P+](=O)CCC1.C[PH+]1CCC[PH2+]CCN(Cc2ccccc2)CC[PH2+]CCC1.[Cl][Ru][Cl]. The molecule has 1 N–H and O–H groups in total. The van der Waals surface area contributed by atoms with E-state index in [0.29, 0.717) is 40.9 Å². The number of hydrogen-bond donors (Lipinski definition) is 1. The van der Waals surface area contributed by atoms with Gasteiger partial charge in [-0.05, 0) is 151 Å². The Kier molecular flexibility index (Phi) is 44.4. The molecule has 3 fully saturated rings. The van der Waals surface area contributed by atoms with Gasteiger partial charge in [-0.25, -0.2) is 0 Å². The normalized spacial score (nSPS) is 27.5. The Bertz CT molecular complexity index is 1400. The summed E-state index contributed by atoms with van der Waals surface area (Å²) in [6, 6.07) is 21.5. The zero-order valence-corrected chi connectivity index (χ0v) is 54.0. The van der Waals surface area contributed by atoms with Gasteiger partial charge in [0.15, 0.2) is 12.3 Å². The third kappa shape index (κ3) is 38.3. The van der Waals surface area contributed by atoms with Crippen molar-refractivity contribution in [1.82, 2.24) is 15.1 Å². The van der Waals surface area contributed by atoms with Gasteiger partial charge >= 0.3 is 50.1 Å². The van der Waals surface area contributed by atoms with Crippen LogP contribution in [0, 0.1) is 0 Å². The summed E-state index contributed by atoms with van der Waals surface area (Å²) in [7, 11) is 10.0. The standard InChI is InChI=1S/C18H30NO2P3.C18H32NP3.C13H30NP3.2ClH.Ru/c1-22-11-5-13-23(20)15-9-19(10-16-24(21)14-6-12-22)17-18-7-3-2-4-8-18;1-22-15-5-11-20-13-9-19(10-14-21-12-6-16-22)17-18-7-3-2-4-8-18;1-15-8-4-10-16(2)12-6-14-7-13-17(3)11-5-9-15;;;/h2-4,7-8H,5-6,9-17H2,1H3;2-4,7-8,20-21H,5-6,9-17H2,1H3;14H,4-13H2,1-3H3;2*1H;/q+2;;;;;+2/p+1. The summed E-state index contributed by atoms with van der Waals surface area (Å²) in [5.74, 6) is 0. The molecule has 0 bridgehead atoms. The number of nitrogens with one attached hydrogen (secondary N) is 1. The van der Waals surface area contributed by atoms with Gasteiger partial charge in [-0.3, -0.25) is 9.80 Å². The van der Waals surface area contributed by atoms with E-state index in [0.717, 1.165) is 57.1 Å². The molecular formula is C49H95Cl2N3O2P9Ru+5. The molecule has 2 aromatic rings. The van der Waals surface area contributed by atoms with Crippen molar-refractivity contribution in [3.8, 4) is 0 Å². The molecule has 5 rings (SSSR count). The Morgan fingerprint density at radius 3 is 1.32 bits per heavy atom. The molecular weight excluding hydrogens is 1110 g/mol. The number of halogens is 2. The van der Waals surface area contributed by atoms with Gasteiger partial charge in [0.1, 0.15) is 12.3 Å². The van der Waals surface area contributed by atoms with Crippen LogP contribution in [0.25, 0.3) is 0 Å². The van der Waals surface area contributed by atoms with Crippen molar-refractivity contribution in [2.45, 2.75) is 51.6 Å². The predicted molar refractivity (Wildman–Crippen MR) is 324 cm³/mol. The van der Waals surface area contributed by atoms with Crippen molar-refractivity contribution in [2.24, 2.45) is 0 Å². The summed E-state index contributed by atoms with van der Waals surface area (Å²) in [6.07, 6.45) is 32.3. The second-order valence-electron chi connectivity index (χ2n) is 18.7. The summed E-state index contributed by atoms with van der Waals surface area (Å²) >= 11 is -0.346. The van der Waals surface area contributed by atoms with Crippen LogP contribution in [0.3, 0.4) is 0 Å². The van der Waals surface area contributed by atoms with Crippen LogP contribution >= 0.6 is 91.8 Å². The average molecular weight is 1210 g/mol. The Labute approximate surface area is 434 Å². The van der Waals surface area contributed by atoms with Crippen molar-refractivity contribution in [3.05, 3.63) is 71.8 Å². The Morgan fingerprint density at radius 1 is 0.545 bits per heavy atom. The third-order valence-corrected chi connectivity index (χ3v) is 29.4. The molecule has 380 valence electrons. The average Bonchev–Trinajstić information content (AvgIpc) is 3.30. The zero-order valence-electron chi connectivity index (χ0n) is 42.1. The molecule has 0 saturated carbocycles. The molecule has 0 radical (unpaired) electrons. The maximum atomic E-state index is 12.3. The summed E-state index contributed by atoms with van der Waals surface area (Å²) in [5.41, 5.74) is 2.77. The fourth-order valence-corrected chi connectivity index (χ4v) is 23.4. The Balaban J connectivity index is 0.000000334. The first-order valence-corrected chi connectivity index (χ1v) is 47.2. The Hall–Kier alpha value is 2.73. The molecule has 3 saturated heterocycles. The second-order valence-corrected chi connectivity index (χ2v) is 41.9. The molecule has 0 amide bonds. The van der Waals surface area contributed by atoms with Gasteiger partial charge in [0.25, 0.3) is 0 Å². The second kappa shape index (κ2) is 45.2. The van der Waals surface area contributed by atoms with Crippen molar-refractivity contribution < 1.29 is 24.3 Å². The van der Waals surface area contributed by atoms with Gasteiger partial charge in [0.05, 0.1) is 37.0 Å². The van der Waals surface area contributed by atoms with Crippen LogP contribution in [0.15, 0.2) is 60.7 Å². The first-order chi connectivity index (χ1) is 32.1. The van der Waals surface area contributed by atoms with E-state index in [9.17, 15) is 9.13 Å². The van der Waals surface area contributed by atoms with Crippen LogP contribution in [0.1, 0.15) is 49.7 Å². The number of rotatable bonds is 4.